The van der Waals surface area contributed by atoms with Gasteiger partial charge in [0.25, 0.3) is 5.91 Å². The Morgan fingerprint density at radius 1 is 0.800 bits per heavy atom. The highest BCUT2D eigenvalue weighted by molar-refractivity contribution is 6.14. The van der Waals surface area contributed by atoms with Gasteiger partial charge in [-0.25, -0.2) is 19.6 Å². The number of aromatic nitrogens is 3. The van der Waals surface area contributed by atoms with Crippen LogP contribution in [0.5, 0.6) is 0 Å². The molecule has 0 aliphatic rings. The molecule has 0 unspecified atom stereocenters. The number of carbonyl (C=O) groups is 4. The van der Waals surface area contributed by atoms with Crippen LogP contribution in [-0.4, -0.2) is 75.7 Å². The van der Waals surface area contributed by atoms with Gasteiger partial charge in [0, 0.05) is 36.6 Å². The summed E-state index contributed by atoms with van der Waals surface area (Å²) in [5, 5.41) is 12.1. The van der Waals surface area contributed by atoms with E-state index in [1.54, 1.807) is 67.7 Å². The number of benzene rings is 2. The number of ether oxygens (including phenoxy) is 3. The Bertz CT molecular complexity index is 1850. The summed E-state index contributed by atoms with van der Waals surface area (Å²) in [5.74, 6) is 0.0682. The van der Waals surface area contributed by atoms with Gasteiger partial charge in [0.1, 0.15) is 17.5 Å². The van der Waals surface area contributed by atoms with Crippen molar-refractivity contribution in [3.8, 4) is 0 Å². The van der Waals surface area contributed by atoms with E-state index in [1.807, 2.05) is 17.7 Å². The molecule has 4 aromatic rings. The molecular weight excluding hydrogens is 702 g/mol. The van der Waals surface area contributed by atoms with E-state index in [1.165, 1.54) is 4.90 Å². The number of hydrogen-bond acceptors (Lipinski definition) is 11. The maximum absolute atomic E-state index is 13.7. The predicted octanol–water partition coefficient (Wildman–Crippen LogP) is 8.24. The number of nitrogens with zero attached hydrogens (tertiary/aromatic N) is 5. The summed E-state index contributed by atoms with van der Waals surface area (Å²) in [5.41, 5.74) is 2.89. The molecule has 0 saturated carbocycles. The Morgan fingerprint density at radius 3 is 2.05 bits per heavy atom. The summed E-state index contributed by atoms with van der Waals surface area (Å²) in [4.78, 5) is 63.1. The van der Waals surface area contributed by atoms with E-state index in [-0.39, 0.29) is 44.5 Å². The monoisotopic (exact) mass is 755 g/mol. The van der Waals surface area contributed by atoms with Gasteiger partial charge < -0.3 is 24.1 Å². The van der Waals surface area contributed by atoms with Crippen molar-refractivity contribution in [2.75, 3.05) is 36.6 Å². The first-order valence-electron chi connectivity index (χ1n) is 19.1. The zero-order valence-corrected chi connectivity index (χ0v) is 32.3. The van der Waals surface area contributed by atoms with Crippen LogP contribution in [0.25, 0.3) is 11.0 Å². The maximum Gasteiger partial charge on any atom is 0.425 e. The Morgan fingerprint density at radius 2 is 1.45 bits per heavy atom. The molecular formula is C41H53N7O7. The number of esters is 1. The van der Waals surface area contributed by atoms with E-state index in [9.17, 15) is 19.2 Å². The van der Waals surface area contributed by atoms with E-state index in [4.69, 9.17) is 24.6 Å². The minimum Gasteiger partial charge on any atom is -0.466 e. The predicted molar refractivity (Wildman–Crippen MR) is 211 cm³/mol. The number of rotatable bonds is 20. The second-order valence-electron chi connectivity index (χ2n) is 13.0. The number of fused-ring (bicyclic) bond motifs is 1. The van der Waals surface area contributed by atoms with E-state index in [0.717, 1.165) is 49.7 Å². The van der Waals surface area contributed by atoms with Crippen LogP contribution in [0, 0.1) is 5.41 Å². The molecule has 294 valence electrons. The Labute approximate surface area is 322 Å². The zero-order valence-electron chi connectivity index (χ0n) is 32.3. The van der Waals surface area contributed by atoms with Gasteiger partial charge in [-0.3, -0.25) is 19.9 Å². The number of carbonyl (C=O) groups excluding carboxylic acids is 4. The summed E-state index contributed by atoms with van der Waals surface area (Å²) in [6.07, 6.45) is 6.99. The lowest BCUT2D eigenvalue weighted by molar-refractivity contribution is -0.142. The van der Waals surface area contributed by atoms with E-state index in [2.05, 4.69) is 24.1 Å². The largest absolute Gasteiger partial charge is 0.466 e. The molecule has 0 radical (unpaired) electrons. The van der Waals surface area contributed by atoms with E-state index < -0.39 is 18.2 Å². The number of amides is 3. The number of amidine groups is 1. The van der Waals surface area contributed by atoms with Gasteiger partial charge in [-0.15, -0.1) is 0 Å². The van der Waals surface area contributed by atoms with Gasteiger partial charge in [0.05, 0.1) is 43.8 Å². The molecule has 3 amide bonds. The number of anilines is 2. The van der Waals surface area contributed by atoms with Crippen molar-refractivity contribution in [1.29, 1.82) is 5.41 Å². The summed E-state index contributed by atoms with van der Waals surface area (Å²) < 4.78 is 17.7. The lowest BCUT2D eigenvalue weighted by Crippen LogP contribution is -2.42. The highest BCUT2D eigenvalue weighted by Gasteiger charge is 2.30. The lowest BCUT2D eigenvalue weighted by Gasteiger charge is -2.21. The van der Waals surface area contributed by atoms with Crippen molar-refractivity contribution in [2.45, 2.75) is 85.1 Å². The molecule has 0 aliphatic heterocycles. The van der Waals surface area contributed by atoms with Gasteiger partial charge in [-0.2, -0.15) is 4.90 Å². The van der Waals surface area contributed by atoms with Crippen LogP contribution in [0.3, 0.4) is 0 Å². The molecule has 0 aliphatic carbocycles. The van der Waals surface area contributed by atoms with Crippen LogP contribution in [0.15, 0.2) is 66.9 Å². The minimum atomic E-state index is -0.935. The average molecular weight is 756 g/mol. The summed E-state index contributed by atoms with van der Waals surface area (Å²) >= 11 is 0. The van der Waals surface area contributed by atoms with Crippen LogP contribution in [0.2, 0.25) is 0 Å². The zero-order chi connectivity index (χ0) is 39.6. The number of unbranched alkanes of at least 4 members (excludes halogenated alkanes) is 6. The van der Waals surface area contributed by atoms with Crippen LogP contribution in [-0.2, 0) is 32.6 Å². The van der Waals surface area contributed by atoms with Crippen LogP contribution in [0.4, 0.5) is 21.1 Å². The Balaban J connectivity index is 1.44. The fraction of sp³-hybridized carbons (Fsp3) is 0.439. The first-order valence-corrected chi connectivity index (χ1v) is 19.1. The van der Waals surface area contributed by atoms with Crippen molar-refractivity contribution in [3.63, 3.8) is 0 Å². The van der Waals surface area contributed by atoms with Gasteiger partial charge in [0.15, 0.2) is 0 Å². The molecule has 2 N–H and O–H groups in total. The first kappa shape index (κ1) is 42.0. The van der Waals surface area contributed by atoms with Crippen molar-refractivity contribution in [3.05, 3.63) is 83.8 Å². The van der Waals surface area contributed by atoms with Crippen molar-refractivity contribution < 1.29 is 33.4 Å². The molecule has 2 aromatic carbocycles. The summed E-state index contributed by atoms with van der Waals surface area (Å²) in [6, 6.07) is 17.3. The van der Waals surface area contributed by atoms with Crippen molar-refractivity contribution in [1.82, 2.24) is 19.4 Å². The second-order valence-corrected chi connectivity index (χ2v) is 13.0. The van der Waals surface area contributed by atoms with Crippen LogP contribution < -0.4 is 10.2 Å². The molecule has 4 rings (SSSR count). The quantitative estimate of drug-likeness (QED) is 0.0295. The molecule has 0 saturated heterocycles. The number of imidazole rings is 1. The topological polar surface area (TPSA) is 169 Å². The fourth-order valence-electron chi connectivity index (χ4n) is 5.79. The lowest BCUT2D eigenvalue weighted by atomic mass is 10.1. The highest BCUT2D eigenvalue weighted by Crippen LogP contribution is 2.22. The van der Waals surface area contributed by atoms with Crippen molar-refractivity contribution in [2.24, 2.45) is 7.05 Å². The number of pyridine rings is 1. The van der Waals surface area contributed by atoms with E-state index in [0.29, 0.717) is 52.6 Å². The molecule has 0 fully saturated rings. The number of nitrogens with one attached hydrogen (secondary N) is 2. The summed E-state index contributed by atoms with van der Waals surface area (Å²) in [7, 11) is 1.89. The second kappa shape index (κ2) is 21.8. The molecule has 0 bridgehead atoms. The Hall–Kier alpha value is -5.79. The third-order valence-electron chi connectivity index (χ3n) is 8.88. The number of imide groups is 1. The molecule has 2 heterocycles. The third-order valence-corrected chi connectivity index (χ3v) is 8.88. The standard InChI is InChI=1S/C41H53N7O7/c1-5-8-10-14-26-54-40(51)48(41(52)55-27-15-11-9-6-2)38(42)30-17-20-32(21-18-30)44-29-36-45-33-28-31(19-22-34(33)46(36)4)39(50)47(25-23-37(49)53-7-3)35-16-12-13-24-43-35/h12-13,16-22,24,28,42,44H,5-11,14-15,23,25-27,29H2,1-4H3. The molecule has 55 heavy (non-hydrogen) atoms. The third kappa shape index (κ3) is 12.1. The van der Waals surface area contributed by atoms with Gasteiger partial charge >= 0.3 is 18.2 Å². The number of hydrogen-bond donors (Lipinski definition) is 2. The minimum absolute atomic E-state index is 0.0235. The highest BCUT2D eigenvalue weighted by atomic mass is 16.6. The average Bonchev–Trinajstić information content (AvgIpc) is 3.51. The van der Waals surface area contributed by atoms with E-state index >= 15 is 0 Å². The fourth-order valence-corrected chi connectivity index (χ4v) is 5.79. The molecule has 0 atom stereocenters. The van der Waals surface area contributed by atoms with Crippen LogP contribution >= 0.6 is 0 Å². The SMILES string of the molecule is CCCCCCOC(=O)N(C(=N)c1ccc(NCc2nc3cc(C(=O)N(CCC(=O)OCC)c4ccccn4)ccc3n2C)cc1)C(=O)OCCCCCC. The smallest absolute Gasteiger partial charge is 0.425 e. The molecule has 14 heteroatoms. The first-order chi connectivity index (χ1) is 26.7. The van der Waals surface area contributed by atoms with Gasteiger partial charge in [-0.05, 0) is 74.4 Å². The molecule has 0 spiro atoms. The normalized spacial score (nSPS) is 10.8. The molecule has 14 nitrogen and oxygen atoms in total. The maximum atomic E-state index is 13.7. The Kier molecular flexibility index (Phi) is 16.6. The summed E-state index contributed by atoms with van der Waals surface area (Å²) in [6.45, 7) is 6.91. The van der Waals surface area contributed by atoms with Gasteiger partial charge in [0.2, 0.25) is 0 Å². The van der Waals surface area contributed by atoms with Crippen molar-refractivity contribution >= 4 is 52.4 Å². The van der Waals surface area contributed by atoms with Crippen LogP contribution in [0.1, 0.15) is 100 Å². The molecule has 2 aromatic heterocycles. The number of aryl methyl sites for hydroxylation is 1. The van der Waals surface area contributed by atoms with Gasteiger partial charge in [-0.1, -0.05) is 58.4 Å².